The van der Waals surface area contributed by atoms with Gasteiger partial charge >= 0.3 is 17.9 Å². The fraction of sp³-hybridized carbons (Fsp3) is 0.746. The van der Waals surface area contributed by atoms with Crippen LogP contribution in [-0.4, -0.2) is 37.2 Å². The number of hydrogen-bond acceptors (Lipinski definition) is 6. The van der Waals surface area contributed by atoms with Gasteiger partial charge < -0.3 is 14.2 Å². The van der Waals surface area contributed by atoms with Gasteiger partial charge in [-0.3, -0.25) is 14.4 Å². The SMILES string of the molecule is CC/C=C\C/C=C\C/C=C\C/C=C\C/C=C\C/C=C\CCCCCCC(=O)OCC(COC(=O)CCCCCCCCCCC)OC(=O)CCCCCCCCCCCCC/C=C\CCCCCCCCCC. The third-order valence-electron chi connectivity index (χ3n) is 13.4. The van der Waals surface area contributed by atoms with Gasteiger partial charge in [0.15, 0.2) is 6.10 Å². The Morgan fingerprint density at radius 3 is 0.849 bits per heavy atom. The van der Waals surface area contributed by atoms with E-state index < -0.39 is 6.10 Å². The van der Waals surface area contributed by atoms with Crippen LogP contribution in [-0.2, 0) is 28.6 Å². The number of hydrogen-bond donors (Lipinski definition) is 0. The molecule has 0 aromatic heterocycles. The van der Waals surface area contributed by atoms with Crippen molar-refractivity contribution in [1.29, 1.82) is 0 Å². The number of carbonyl (C=O) groups is 3. The Bertz CT molecular complexity index is 1400. The number of carbonyl (C=O) groups excluding carboxylic acids is 3. The van der Waals surface area contributed by atoms with Crippen LogP contribution in [0.15, 0.2) is 85.1 Å². The molecule has 0 aliphatic carbocycles. The molecule has 0 radical (unpaired) electrons. The van der Waals surface area contributed by atoms with Crippen LogP contribution in [0.25, 0.3) is 0 Å². The van der Waals surface area contributed by atoms with E-state index in [4.69, 9.17) is 14.2 Å². The van der Waals surface area contributed by atoms with E-state index in [1.807, 2.05) is 0 Å². The zero-order valence-electron chi connectivity index (χ0n) is 48.1. The van der Waals surface area contributed by atoms with Gasteiger partial charge in [-0.2, -0.15) is 0 Å². The summed E-state index contributed by atoms with van der Waals surface area (Å²) in [6, 6.07) is 0. The highest BCUT2D eigenvalue weighted by molar-refractivity contribution is 5.71. The van der Waals surface area contributed by atoms with E-state index in [-0.39, 0.29) is 31.1 Å². The van der Waals surface area contributed by atoms with E-state index in [9.17, 15) is 14.4 Å². The zero-order chi connectivity index (χ0) is 52.9. The first-order chi connectivity index (χ1) is 36.0. The number of esters is 3. The van der Waals surface area contributed by atoms with Gasteiger partial charge in [0.25, 0.3) is 0 Å². The van der Waals surface area contributed by atoms with Crippen LogP contribution in [0, 0.1) is 0 Å². The quantitative estimate of drug-likeness (QED) is 0.0261. The molecule has 1 atom stereocenters. The normalized spacial score (nSPS) is 12.6. The maximum Gasteiger partial charge on any atom is 0.306 e. The lowest BCUT2D eigenvalue weighted by Crippen LogP contribution is -2.30. The highest BCUT2D eigenvalue weighted by atomic mass is 16.6. The van der Waals surface area contributed by atoms with Crippen LogP contribution in [0.5, 0.6) is 0 Å². The monoisotopic (exact) mass is 1020 g/mol. The average molecular weight is 1020 g/mol. The molecule has 0 N–H and O–H groups in total. The Labute approximate surface area is 452 Å². The van der Waals surface area contributed by atoms with Crippen molar-refractivity contribution in [2.24, 2.45) is 0 Å². The fourth-order valence-corrected chi connectivity index (χ4v) is 8.74. The molecule has 1 unspecified atom stereocenters. The van der Waals surface area contributed by atoms with Crippen LogP contribution in [0.2, 0.25) is 0 Å². The van der Waals surface area contributed by atoms with Crippen molar-refractivity contribution in [3.63, 3.8) is 0 Å². The lowest BCUT2D eigenvalue weighted by Gasteiger charge is -2.18. The molecule has 0 bridgehead atoms. The Hall–Kier alpha value is -3.41. The smallest absolute Gasteiger partial charge is 0.306 e. The lowest BCUT2D eigenvalue weighted by molar-refractivity contribution is -0.167. The van der Waals surface area contributed by atoms with Crippen molar-refractivity contribution in [3.8, 4) is 0 Å². The molecule has 0 saturated carbocycles. The van der Waals surface area contributed by atoms with Crippen LogP contribution < -0.4 is 0 Å². The summed E-state index contributed by atoms with van der Waals surface area (Å²) in [5.74, 6) is -0.903. The molecule has 0 aromatic carbocycles. The summed E-state index contributed by atoms with van der Waals surface area (Å²) in [6.07, 6.45) is 80.2. The third-order valence-corrected chi connectivity index (χ3v) is 13.4. The van der Waals surface area contributed by atoms with Gasteiger partial charge in [-0.05, 0) is 96.3 Å². The topological polar surface area (TPSA) is 78.9 Å². The molecule has 0 heterocycles. The zero-order valence-corrected chi connectivity index (χ0v) is 48.1. The summed E-state index contributed by atoms with van der Waals surface area (Å²) in [5.41, 5.74) is 0. The van der Waals surface area contributed by atoms with Gasteiger partial charge in [-0.15, -0.1) is 0 Å². The average Bonchev–Trinajstić information content (AvgIpc) is 3.39. The molecule has 0 fully saturated rings. The summed E-state index contributed by atoms with van der Waals surface area (Å²) in [6.45, 7) is 6.51. The molecular weight excluding hydrogens is 901 g/mol. The third kappa shape index (κ3) is 59.3. The molecule has 0 amide bonds. The molecule has 0 aromatic rings. The van der Waals surface area contributed by atoms with E-state index in [0.29, 0.717) is 19.3 Å². The molecule has 6 nitrogen and oxygen atoms in total. The molecule has 0 rings (SSSR count). The maximum atomic E-state index is 12.9. The first kappa shape index (κ1) is 69.6. The second kappa shape index (κ2) is 61.1. The van der Waals surface area contributed by atoms with Gasteiger partial charge in [0.2, 0.25) is 0 Å². The molecule has 420 valence electrons. The summed E-state index contributed by atoms with van der Waals surface area (Å²) in [4.78, 5) is 38.1. The van der Waals surface area contributed by atoms with Crippen LogP contribution >= 0.6 is 0 Å². The Balaban J connectivity index is 4.28. The minimum atomic E-state index is -0.786. The summed E-state index contributed by atoms with van der Waals surface area (Å²) in [7, 11) is 0. The minimum absolute atomic E-state index is 0.0830. The van der Waals surface area contributed by atoms with E-state index in [2.05, 4.69) is 106 Å². The number of ether oxygens (including phenoxy) is 3. The molecule has 0 saturated heterocycles. The largest absolute Gasteiger partial charge is 0.462 e. The summed E-state index contributed by atoms with van der Waals surface area (Å²) < 4.78 is 16.9. The first-order valence-corrected chi connectivity index (χ1v) is 31.1. The van der Waals surface area contributed by atoms with Crippen molar-refractivity contribution in [1.82, 2.24) is 0 Å². The van der Waals surface area contributed by atoms with Gasteiger partial charge in [-0.25, -0.2) is 0 Å². The molecule has 0 aliphatic rings. The Morgan fingerprint density at radius 2 is 0.534 bits per heavy atom. The van der Waals surface area contributed by atoms with Crippen LogP contribution in [0.4, 0.5) is 0 Å². The standard InChI is InChI=1S/C67H116O6/c1-4-7-10-13-16-19-21-23-25-27-29-31-33-35-37-39-41-43-45-48-51-54-57-60-66(69)72-63-64(62-71-65(68)59-56-53-50-47-18-15-12-9-6-3)73-67(70)61-58-55-52-49-46-44-42-40-38-36-34-32-30-28-26-24-22-20-17-14-11-8-5-2/h7,10,16,19,23,25,28-31,35,37,41,43,64H,4-6,8-9,11-15,17-18,20-22,24,26-27,32-34,36,38-40,42,44-63H2,1-3H3/b10-7-,19-16-,25-23-,30-28-,31-29-,37-35-,43-41-. The van der Waals surface area contributed by atoms with Crippen molar-refractivity contribution in [2.45, 2.75) is 309 Å². The van der Waals surface area contributed by atoms with Crippen molar-refractivity contribution in [3.05, 3.63) is 85.1 Å². The van der Waals surface area contributed by atoms with E-state index in [1.54, 1.807) is 0 Å². The van der Waals surface area contributed by atoms with Crippen molar-refractivity contribution < 1.29 is 28.6 Å². The molecule has 0 spiro atoms. The maximum absolute atomic E-state index is 12.9. The second-order valence-corrected chi connectivity index (χ2v) is 20.6. The highest BCUT2D eigenvalue weighted by Gasteiger charge is 2.19. The van der Waals surface area contributed by atoms with Crippen molar-refractivity contribution >= 4 is 17.9 Å². The number of unbranched alkanes of at least 4 members (excludes halogenated alkanes) is 31. The van der Waals surface area contributed by atoms with Gasteiger partial charge in [-0.1, -0.05) is 273 Å². The van der Waals surface area contributed by atoms with E-state index in [1.165, 1.54) is 154 Å². The van der Waals surface area contributed by atoms with Gasteiger partial charge in [0.1, 0.15) is 13.2 Å². The minimum Gasteiger partial charge on any atom is -0.462 e. The highest BCUT2D eigenvalue weighted by Crippen LogP contribution is 2.16. The predicted molar refractivity (Wildman–Crippen MR) is 316 cm³/mol. The summed E-state index contributed by atoms with van der Waals surface area (Å²) in [5, 5.41) is 0. The lowest BCUT2D eigenvalue weighted by atomic mass is 10.0. The van der Waals surface area contributed by atoms with Gasteiger partial charge in [0, 0.05) is 19.3 Å². The molecule has 6 heteroatoms. The first-order valence-electron chi connectivity index (χ1n) is 31.1. The van der Waals surface area contributed by atoms with Gasteiger partial charge in [0.05, 0.1) is 0 Å². The summed E-state index contributed by atoms with van der Waals surface area (Å²) >= 11 is 0. The number of rotatable bonds is 56. The fourth-order valence-electron chi connectivity index (χ4n) is 8.74. The molecule has 0 aliphatic heterocycles. The molecular formula is C67H116O6. The number of allylic oxidation sites excluding steroid dienone is 14. The Kier molecular flexibility index (Phi) is 58.3. The van der Waals surface area contributed by atoms with Crippen molar-refractivity contribution in [2.75, 3.05) is 13.2 Å². The second-order valence-electron chi connectivity index (χ2n) is 20.6. The van der Waals surface area contributed by atoms with E-state index >= 15 is 0 Å². The predicted octanol–water partition coefficient (Wildman–Crippen LogP) is 21.1. The Morgan fingerprint density at radius 1 is 0.288 bits per heavy atom. The van der Waals surface area contributed by atoms with E-state index in [0.717, 1.165) is 109 Å². The molecule has 73 heavy (non-hydrogen) atoms. The van der Waals surface area contributed by atoms with Crippen LogP contribution in [0.1, 0.15) is 303 Å². The van der Waals surface area contributed by atoms with Crippen LogP contribution in [0.3, 0.4) is 0 Å².